The lowest BCUT2D eigenvalue weighted by Gasteiger charge is -2.24. The first-order valence-corrected chi connectivity index (χ1v) is 3.60. The molecule has 0 aromatic heterocycles. The van der Waals surface area contributed by atoms with Crippen molar-refractivity contribution in [2.75, 3.05) is 13.4 Å². The largest absolute Gasteiger partial charge is 0.355 e. The van der Waals surface area contributed by atoms with Crippen LogP contribution in [0.15, 0.2) is 0 Å². The van der Waals surface area contributed by atoms with Gasteiger partial charge in [0.05, 0.1) is 6.61 Å². The fraction of sp³-hybridized carbons (Fsp3) is 0.857. The zero-order valence-electron chi connectivity index (χ0n) is 5.71. The Morgan fingerprint density at radius 1 is 1.50 bits per heavy atom. The molecule has 0 amide bonds. The van der Waals surface area contributed by atoms with Gasteiger partial charge in [-0.1, -0.05) is 0 Å². The molecule has 0 radical (unpaired) electrons. The van der Waals surface area contributed by atoms with Crippen LogP contribution in [0, 0.1) is 5.92 Å². The van der Waals surface area contributed by atoms with Crippen molar-refractivity contribution in [2.24, 2.45) is 5.92 Å². The molecule has 10 heavy (non-hydrogen) atoms. The van der Waals surface area contributed by atoms with Crippen LogP contribution in [0.1, 0.15) is 12.8 Å². The molecule has 2 fully saturated rings. The van der Waals surface area contributed by atoms with E-state index in [1.54, 1.807) is 0 Å². The third kappa shape index (κ3) is 0.859. The second-order valence-electron chi connectivity index (χ2n) is 2.84. The van der Waals surface area contributed by atoms with Gasteiger partial charge in [0.25, 0.3) is 0 Å². The molecule has 56 valence electrons. The van der Waals surface area contributed by atoms with Crippen LogP contribution in [0.2, 0.25) is 0 Å². The van der Waals surface area contributed by atoms with Crippen LogP contribution in [0.4, 0.5) is 0 Å². The average Bonchev–Trinajstić information content (AvgIpc) is 2.34. The Morgan fingerprint density at radius 2 is 2.40 bits per heavy atom. The maximum absolute atomic E-state index is 11.0. The predicted octanol–water partition coefficient (Wildman–Crippen LogP) is 0.338. The molecule has 2 rings (SSSR count). The van der Waals surface area contributed by atoms with Crippen LogP contribution in [0.5, 0.6) is 0 Å². The summed E-state index contributed by atoms with van der Waals surface area (Å²) in [4.78, 5) is 11.0. The summed E-state index contributed by atoms with van der Waals surface area (Å²) in [5.41, 5.74) is 0. The van der Waals surface area contributed by atoms with Crippen LogP contribution < -0.4 is 0 Å². The lowest BCUT2D eigenvalue weighted by Crippen LogP contribution is -2.34. The summed E-state index contributed by atoms with van der Waals surface area (Å²) < 4.78 is 10.2. The predicted molar refractivity (Wildman–Crippen MR) is 33.4 cm³/mol. The highest BCUT2D eigenvalue weighted by Crippen LogP contribution is 2.28. The van der Waals surface area contributed by atoms with Crippen molar-refractivity contribution >= 4 is 5.78 Å². The number of carbonyl (C=O) groups is 1. The van der Waals surface area contributed by atoms with E-state index < -0.39 is 0 Å². The van der Waals surface area contributed by atoms with Crippen molar-refractivity contribution in [3.63, 3.8) is 0 Å². The molecule has 1 aliphatic heterocycles. The second kappa shape index (κ2) is 2.32. The van der Waals surface area contributed by atoms with Gasteiger partial charge in [-0.25, -0.2) is 0 Å². The first-order chi connectivity index (χ1) is 4.88. The van der Waals surface area contributed by atoms with Crippen molar-refractivity contribution in [1.29, 1.82) is 0 Å². The molecule has 2 aliphatic rings. The van der Waals surface area contributed by atoms with Gasteiger partial charge in [-0.3, -0.25) is 4.79 Å². The molecule has 0 spiro atoms. The van der Waals surface area contributed by atoms with E-state index in [9.17, 15) is 4.79 Å². The van der Waals surface area contributed by atoms with Crippen molar-refractivity contribution in [1.82, 2.24) is 0 Å². The lowest BCUT2D eigenvalue weighted by atomic mass is 10.1. The molecule has 1 aliphatic carbocycles. The standard InChI is InChI=1S/C7H10O3/c8-6-2-1-5-3-9-4-10-7(5)6/h5,7H,1-4H2. The van der Waals surface area contributed by atoms with Gasteiger partial charge in [-0.15, -0.1) is 0 Å². The summed E-state index contributed by atoms with van der Waals surface area (Å²) in [5.74, 6) is 0.606. The van der Waals surface area contributed by atoms with E-state index in [1.165, 1.54) is 0 Å². The summed E-state index contributed by atoms with van der Waals surface area (Å²) >= 11 is 0. The molecule has 0 bridgehead atoms. The third-order valence-corrected chi connectivity index (χ3v) is 2.17. The van der Waals surface area contributed by atoms with Crippen molar-refractivity contribution in [2.45, 2.75) is 18.9 Å². The summed E-state index contributed by atoms with van der Waals surface area (Å²) in [6.45, 7) is 1.00. The van der Waals surface area contributed by atoms with E-state index in [2.05, 4.69) is 0 Å². The minimum Gasteiger partial charge on any atom is -0.355 e. The molecular formula is C7H10O3. The van der Waals surface area contributed by atoms with E-state index in [0.717, 1.165) is 6.42 Å². The van der Waals surface area contributed by atoms with Gasteiger partial charge in [-0.05, 0) is 6.42 Å². The highest BCUT2D eigenvalue weighted by molar-refractivity contribution is 5.85. The van der Waals surface area contributed by atoms with Gasteiger partial charge >= 0.3 is 0 Å². The number of hydrogen-bond donors (Lipinski definition) is 0. The van der Waals surface area contributed by atoms with E-state index in [-0.39, 0.29) is 11.9 Å². The fourth-order valence-corrected chi connectivity index (χ4v) is 1.60. The van der Waals surface area contributed by atoms with Gasteiger partial charge in [0.15, 0.2) is 5.78 Å². The van der Waals surface area contributed by atoms with Gasteiger partial charge < -0.3 is 9.47 Å². The van der Waals surface area contributed by atoms with Crippen LogP contribution in [-0.4, -0.2) is 25.3 Å². The van der Waals surface area contributed by atoms with Crippen molar-refractivity contribution < 1.29 is 14.3 Å². The first kappa shape index (κ1) is 6.31. The van der Waals surface area contributed by atoms with E-state index in [1.807, 2.05) is 0 Å². The van der Waals surface area contributed by atoms with Gasteiger partial charge in [0.2, 0.25) is 0 Å². The minimum atomic E-state index is -0.131. The Morgan fingerprint density at radius 3 is 3.20 bits per heavy atom. The molecule has 2 atom stereocenters. The topological polar surface area (TPSA) is 35.5 Å². The molecule has 1 saturated carbocycles. The van der Waals surface area contributed by atoms with Crippen molar-refractivity contribution in [3.8, 4) is 0 Å². The van der Waals surface area contributed by atoms with Crippen LogP contribution in [-0.2, 0) is 14.3 Å². The Labute approximate surface area is 59.3 Å². The lowest BCUT2D eigenvalue weighted by molar-refractivity contribution is -0.169. The number of Topliss-reactive ketones (excluding diaryl/α,β-unsaturated/α-hetero) is 1. The highest BCUT2D eigenvalue weighted by Gasteiger charge is 2.37. The number of rotatable bonds is 0. The highest BCUT2D eigenvalue weighted by atomic mass is 16.7. The summed E-state index contributed by atoms with van der Waals surface area (Å²) in [6.07, 6.45) is 1.50. The van der Waals surface area contributed by atoms with Crippen molar-refractivity contribution in [3.05, 3.63) is 0 Å². The zero-order chi connectivity index (χ0) is 6.97. The minimum absolute atomic E-state index is 0.131. The van der Waals surface area contributed by atoms with Crippen LogP contribution in [0.3, 0.4) is 0 Å². The molecule has 1 heterocycles. The summed E-state index contributed by atoms with van der Waals surface area (Å²) in [5, 5.41) is 0. The average molecular weight is 142 g/mol. The Balaban J connectivity index is 2.08. The SMILES string of the molecule is O=C1CCC2COCOC12. The van der Waals surface area contributed by atoms with Gasteiger partial charge in [0, 0.05) is 12.3 Å². The molecule has 3 heteroatoms. The number of ketones is 1. The van der Waals surface area contributed by atoms with Crippen LogP contribution >= 0.6 is 0 Å². The number of fused-ring (bicyclic) bond motifs is 1. The molecule has 3 nitrogen and oxygen atoms in total. The van der Waals surface area contributed by atoms with Gasteiger partial charge in [0.1, 0.15) is 12.9 Å². The van der Waals surface area contributed by atoms with E-state index >= 15 is 0 Å². The summed E-state index contributed by atoms with van der Waals surface area (Å²) in [6, 6.07) is 0. The monoisotopic (exact) mass is 142 g/mol. The maximum Gasteiger partial charge on any atom is 0.162 e. The van der Waals surface area contributed by atoms with Gasteiger partial charge in [-0.2, -0.15) is 0 Å². The Hall–Kier alpha value is -0.410. The number of carbonyl (C=O) groups excluding carboxylic acids is 1. The van der Waals surface area contributed by atoms with Crippen LogP contribution in [0.25, 0.3) is 0 Å². The summed E-state index contributed by atoms with van der Waals surface area (Å²) in [7, 11) is 0. The molecule has 0 aromatic carbocycles. The normalized spacial score (nSPS) is 39.8. The molecule has 0 N–H and O–H groups in total. The zero-order valence-corrected chi connectivity index (χ0v) is 5.71. The number of ether oxygens (including phenoxy) is 2. The Kier molecular flexibility index (Phi) is 1.47. The van der Waals surface area contributed by atoms with E-state index in [0.29, 0.717) is 25.7 Å². The first-order valence-electron chi connectivity index (χ1n) is 3.60. The smallest absolute Gasteiger partial charge is 0.162 e. The number of hydrogen-bond acceptors (Lipinski definition) is 3. The molecule has 0 aromatic rings. The third-order valence-electron chi connectivity index (χ3n) is 2.17. The maximum atomic E-state index is 11.0. The molecular weight excluding hydrogens is 132 g/mol. The Bertz CT molecular complexity index is 155. The second-order valence-corrected chi connectivity index (χ2v) is 2.84. The fourth-order valence-electron chi connectivity index (χ4n) is 1.60. The quantitative estimate of drug-likeness (QED) is 0.489. The molecule has 2 unspecified atom stereocenters. The van der Waals surface area contributed by atoms with E-state index in [4.69, 9.17) is 9.47 Å². The molecule has 1 saturated heterocycles.